The van der Waals surface area contributed by atoms with Crippen molar-refractivity contribution >= 4 is 17.4 Å². The van der Waals surface area contributed by atoms with Gasteiger partial charge in [0.15, 0.2) is 5.78 Å². The van der Waals surface area contributed by atoms with Gasteiger partial charge in [-0.2, -0.15) is 0 Å². The highest BCUT2D eigenvalue weighted by Gasteiger charge is 2.38. The van der Waals surface area contributed by atoms with Gasteiger partial charge in [-0.05, 0) is 49.6 Å². The summed E-state index contributed by atoms with van der Waals surface area (Å²) in [5.74, 6) is 0.0911. The number of benzene rings is 1. The molecular formula is C23H23N3O3. The number of carbonyl (C=O) groups is 2. The van der Waals surface area contributed by atoms with Crippen LogP contribution in [0.2, 0.25) is 0 Å². The summed E-state index contributed by atoms with van der Waals surface area (Å²) < 4.78 is 5.39. The number of nitrogens with one attached hydrogen (secondary N) is 2. The minimum absolute atomic E-state index is 0.0887. The zero-order chi connectivity index (χ0) is 20.4. The number of aromatic nitrogens is 1. The first-order valence-corrected chi connectivity index (χ1v) is 9.68. The summed E-state index contributed by atoms with van der Waals surface area (Å²) in [4.78, 5) is 30.3. The van der Waals surface area contributed by atoms with Crippen LogP contribution in [0.3, 0.4) is 0 Å². The number of methoxy groups -OCH3 is 1. The second-order valence-corrected chi connectivity index (χ2v) is 7.24. The van der Waals surface area contributed by atoms with E-state index in [0.717, 1.165) is 29.8 Å². The fourth-order valence-corrected chi connectivity index (χ4v) is 4.07. The molecule has 1 amide bonds. The monoisotopic (exact) mass is 389 g/mol. The number of rotatable bonds is 4. The first-order valence-electron chi connectivity index (χ1n) is 9.68. The van der Waals surface area contributed by atoms with Crippen LogP contribution in [0.5, 0.6) is 5.75 Å². The van der Waals surface area contributed by atoms with Crippen LogP contribution < -0.4 is 15.4 Å². The molecule has 0 radical (unpaired) electrons. The Labute approximate surface area is 169 Å². The number of amides is 1. The van der Waals surface area contributed by atoms with Crippen LogP contribution in [-0.4, -0.2) is 23.8 Å². The lowest BCUT2D eigenvalue weighted by Gasteiger charge is -2.34. The van der Waals surface area contributed by atoms with Crippen LogP contribution in [0.4, 0.5) is 5.69 Å². The molecule has 6 nitrogen and oxygen atoms in total. The lowest BCUT2D eigenvalue weighted by atomic mass is 9.75. The summed E-state index contributed by atoms with van der Waals surface area (Å²) in [6, 6.07) is 11.1. The summed E-state index contributed by atoms with van der Waals surface area (Å²) in [6.45, 7) is 1.88. The molecule has 2 N–H and O–H groups in total. The minimum atomic E-state index is -0.439. The Morgan fingerprint density at radius 1 is 1.24 bits per heavy atom. The molecule has 0 fully saturated rings. The van der Waals surface area contributed by atoms with Crippen molar-refractivity contribution in [2.75, 3.05) is 12.4 Å². The van der Waals surface area contributed by atoms with E-state index >= 15 is 0 Å². The number of pyridine rings is 1. The fourth-order valence-electron chi connectivity index (χ4n) is 4.07. The normalized spacial score (nSPS) is 18.8. The van der Waals surface area contributed by atoms with Gasteiger partial charge in [-0.1, -0.05) is 12.1 Å². The molecule has 0 saturated heterocycles. The van der Waals surface area contributed by atoms with Crippen LogP contribution in [0.25, 0.3) is 0 Å². The number of Topliss-reactive ketones (excluding diaryl/α,β-unsaturated/α-hetero) is 1. The van der Waals surface area contributed by atoms with Gasteiger partial charge in [0.05, 0.1) is 19.0 Å². The Morgan fingerprint density at radius 2 is 2.10 bits per heavy atom. The van der Waals surface area contributed by atoms with Crippen molar-refractivity contribution in [1.29, 1.82) is 0 Å². The van der Waals surface area contributed by atoms with E-state index in [0.29, 0.717) is 29.0 Å². The molecule has 29 heavy (non-hydrogen) atoms. The van der Waals surface area contributed by atoms with Crippen LogP contribution in [0.15, 0.2) is 71.3 Å². The molecule has 1 aliphatic heterocycles. The van der Waals surface area contributed by atoms with E-state index in [4.69, 9.17) is 4.74 Å². The quantitative estimate of drug-likeness (QED) is 0.834. The molecule has 1 aliphatic carbocycles. The third-order valence-electron chi connectivity index (χ3n) is 5.37. The van der Waals surface area contributed by atoms with E-state index in [-0.39, 0.29) is 11.7 Å². The van der Waals surface area contributed by atoms with E-state index in [2.05, 4.69) is 15.6 Å². The summed E-state index contributed by atoms with van der Waals surface area (Å²) >= 11 is 0. The molecule has 2 aromatic rings. The maximum atomic E-state index is 13.3. The first kappa shape index (κ1) is 18.9. The van der Waals surface area contributed by atoms with E-state index in [1.807, 2.05) is 31.2 Å². The molecule has 0 bridgehead atoms. The van der Waals surface area contributed by atoms with Crippen molar-refractivity contribution in [3.63, 3.8) is 0 Å². The lowest BCUT2D eigenvalue weighted by Crippen LogP contribution is -2.35. The molecule has 1 aromatic carbocycles. The maximum absolute atomic E-state index is 13.3. The third-order valence-corrected chi connectivity index (χ3v) is 5.37. The minimum Gasteiger partial charge on any atom is -0.497 e. The van der Waals surface area contributed by atoms with Crippen molar-refractivity contribution in [2.45, 2.75) is 32.1 Å². The van der Waals surface area contributed by atoms with Gasteiger partial charge in [0.1, 0.15) is 5.75 Å². The molecule has 1 unspecified atom stereocenters. The predicted octanol–water partition coefficient (Wildman–Crippen LogP) is 3.70. The number of carbonyl (C=O) groups excluding carboxylic acids is 2. The summed E-state index contributed by atoms with van der Waals surface area (Å²) in [5, 5.41) is 6.24. The average Bonchev–Trinajstić information content (AvgIpc) is 2.73. The highest BCUT2D eigenvalue weighted by Crippen LogP contribution is 2.43. The molecule has 1 atom stereocenters. The van der Waals surface area contributed by atoms with Gasteiger partial charge in [-0.25, -0.2) is 0 Å². The summed E-state index contributed by atoms with van der Waals surface area (Å²) in [6.07, 6.45) is 5.37. The Bertz CT molecular complexity index is 1020. The molecule has 2 aliphatic rings. The lowest BCUT2D eigenvalue weighted by molar-refractivity contribution is -0.116. The Balaban J connectivity index is 1.81. The number of ether oxygens (including phenoxy) is 1. The molecule has 4 rings (SSSR count). The number of dihydropyridines is 1. The van der Waals surface area contributed by atoms with Gasteiger partial charge in [0.2, 0.25) is 0 Å². The zero-order valence-corrected chi connectivity index (χ0v) is 16.5. The molecule has 0 spiro atoms. The largest absolute Gasteiger partial charge is 0.497 e. The summed E-state index contributed by atoms with van der Waals surface area (Å²) in [7, 11) is 1.61. The maximum Gasteiger partial charge on any atom is 0.254 e. The predicted molar refractivity (Wildman–Crippen MR) is 110 cm³/mol. The van der Waals surface area contributed by atoms with Crippen LogP contribution in [-0.2, 0) is 9.59 Å². The molecule has 6 heteroatoms. The Kier molecular flexibility index (Phi) is 5.16. The van der Waals surface area contributed by atoms with E-state index < -0.39 is 5.92 Å². The topological polar surface area (TPSA) is 80.3 Å². The molecule has 148 valence electrons. The standard InChI is InChI=1S/C23H23N3O3/c1-14-20(23(28)26-16-7-5-11-24-13-16)21(15-6-3-8-17(12-15)29-2)22-18(25-14)9-4-10-19(22)27/h3,5-8,11-13,21,25H,4,9-10H2,1-2H3,(H,26,28). The van der Waals surface area contributed by atoms with Gasteiger partial charge in [-0.3, -0.25) is 14.6 Å². The molecular weight excluding hydrogens is 366 g/mol. The first-order chi connectivity index (χ1) is 14.1. The van der Waals surface area contributed by atoms with Crippen molar-refractivity contribution in [2.24, 2.45) is 0 Å². The van der Waals surface area contributed by atoms with Crippen LogP contribution in [0.1, 0.15) is 37.7 Å². The number of nitrogens with zero attached hydrogens (tertiary/aromatic N) is 1. The van der Waals surface area contributed by atoms with Gasteiger partial charge >= 0.3 is 0 Å². The number of anilines is 1. The zero-order valence-electron chi connectivity index (χ0n) is 16.5. The SMILES string of the molecule is COc1cccc(C2C(C(=O)Nc3cccnc3)=C(C)NC3=C2C(=O)CCC3)c1. The third kappa shape index (κ3) is 3.66. The van der Waals surface area contributed by atoms with Crippen LogP contribution >= 0.6 is 0 Å². The fraction of sp³-hybridized carbons (Fsp3) is 0.261. The highest BCUT2D eigenvalue weighted by molar-refractivity contribution is 6.09. The average molecular weight is 389 g/mol. The summed E-state index contributed by atoms with van der Waals surface area (Å²) in [5.41, 5.74) is 4.38. The smallest absolute Gasteiger partial charge is 0.254 e. The Hall–Kier alpha value is -3.41. The van der Waals surface area contributed by atoms with Crippen LogP contribution in [0, 0.1) is 0 Å². The molecule has 1 aromatic heterocycles. The highest BCUT2D eigenvalue weighted by atomic mass is 16.5. The van der Waals surface area contributed by atoms with Gasteiger partial charge in [0, 0.05) is 41.1 Å². The van der Waals surface area contributed by atoms with E-state index in [1.54, 1.807) is 31.6 Å². The second-order valence-electron chi connectivity index (χ2n) is 7.24. The molecule has 2 heterocycles. The Morgan fingerprint density at radius 3 is 2.86 bits per heavy atom. The number of allylic oxidation sites excluding steroid dienone is 3. The van der Waals surface area contributed by atoms with Crippen molar-refractivity contribution < 1.29 is 14.3 Å². The van der Waals surface area contributed by atoms with Crippen molar-refractivity contribution in [1.82, 2.24) is 10.3 Å². The van der Waals surface area contributed by atoms with Gasteiger partial charge < -0.3 is 15.4 Å². The van der Waals surface area contributed by atoms with Gasteiger partial charge in [-0.15, -0.1) is 0 Å². The van der Waals surface area contributed by atoms with Crippen molar-refractivity contribution in [3.8, 4) is 5.75 Å². The molecule has 0 saturated carbocycles. The van der Waals surface area contributed by atoms with E-state index in [1.165, 1.54) is 0 Å². The number of ketones is 1. The number of hydrogen-bond acceptors (Lipinski definition) is 5. The number of hydrogen-bond donors (Lipinski definition) is 2. The second kappa shape index (κ2) is 7.91. The van der Waals surface area contributed by atoms with Gasteiger partial charge in [0.25, 0.3) is 5.91 Å². The van der Waals surface area contributed by atoms with E-state index in [9.17, 15) is 9.59 Å². The van der Waals surface area contributed by atoms with Crippen molar-refractivity contribution in [3.05, 3.63) is 76.9 Å².